The Morgan fingerprint density at radius 2 is 1.96 bits per heavy atom. The highest BCUT2D eigenvalue weighted by molar-refractivity contribution is 7.99. The van der Waals surface area contributed by atoms with Crippen molar-refractivity contribution in [2.45, 2.75) is 13.8 Å². The van der Waals surface area contributed by atoms with E-state index in [0.717, 1.165) is 36.0 Å². The van der Waals surface area contributed by atoms with Crippen LogP contribution in [0.25, 0.3) is 11.4 Å². The molecule has 6 heteroatoms. The van der Waals surface area contributed by atoms with Crippen LogP contribution in [0.5, 0.6) is 0 Å². The highest BCUT2D eigenvalue weighted by Crippen LogP contribution is 2.24. The van der Waals surface area contributed by atoms with Crippen molar-refractivity contribution in [2.75, 3.05) is 36.0 Å². The maximum Gasteiger partial charge on any atom is 0.256 e. The molecule has 0 radical (unpaired) electrons. The molecule has 1 aliphatic rings. The van der Waals surface area contributed by atoms with Crippen LogP contribution < -0.4 is 10.2 Å². The molecule has 5 nitrogen and oxygen atoms in total. The standard InChI is InChI=1S/C19H24N4OS/c1-14(2)12-21-19(24)16-13-20-17(15-6-4-3-5-7-15)22-18(16)23-8-10-25-11-9-23/h3-7,13-14H,8-12H2,1-2H3,(H,21,24). The molecule has 0 spiro atoms. The number of aromatic nitrogens is 2. The summed E-state index contributed by atoms with van der Waals surface area (Å²) in [5, 5.41) is 2.99. The van der Waals surface area contributed by atoms with E-state index in [1.807, 2.05) is 42.1 Å². The summed E-state index contributed by atoms with van der Waals surface area (Å²) in [5.41, 5.74) is 1.52. The van der Waals surface area contributed by atoms with E-state index in [-0.39, 0.29) is 5.91 Å². The summed E-state index contributed by atoms with van der Waals surface area (Å²) in [7, 11) is 0. The maximum atomic E-state index is 12.6. The molecule has 1 amide bonds. The van der Waals surface area contributed by atoms with E-state index in [1.54, 1.807) is 6.20 Å². The average Bonchev–Trinajstić information content (AvgIpc) is 2.67. The van der Waals surface area contributed by atoms with Crippen molar-refractivity contribution in [3.63, 3.8) is 0 Å². The van der Waals surface area contributed by atoms with Gasteiger partial charge in [0, 0.05) is 42.9 Å². The van der Waals surface area contributed by atoms with Gasteiger partial charge in [-0.2, -0.15) is 11.8 Å². The Morgan fingerprint density at radius 1 is 1.24 bits per heavy atom. The van der Waals surface area contributed by atoms with Crippen LogP contribution in [-0.4, -0.2) is 47.0 Å². The summed E-state index contributed by atoms with van der Waals surface area (Å²) in [6, 6.07) is 9.89. The van der Waals surface area contributed by atoms with Crippen molar-refractivity contribution in [1.29, 1.82) is 0 Å². The lowest BCUT2D eigenvalue weighted by atomic mass is 10.2. The summed E-state index contributed by atoms with van der Waals surface area (Å²) in [5.74, 6) is 3.82. The van der Waals surface area contributed by atoms with E-state index >= 15 is 0 Å². The molecule has 1 aromatic carbocycles. The number of nitrogens with zero attached hydrogens (tertiary/aromatic N) is 3. The minimum atomic E-state index is -0.0958. The van der Waals surface area contributed by atoms with Crippen molar-refractivity contribution >= 4 is 23.5 Å². The van der Waals surface area contributed by atoms with Crippen LogP contribution in [-0.2, 0) is 0 Å². The third-order valence-corrected chi connectivity index (χ3v) is 4.97. The predicted molar refractivity (Wildman–Crippen MR) is 104 cm³/mol. The van der Waals surface area contributed by atoms with Crippen molar-refractivity contribution in [3.8, 4) is 11.4 Å². The van der Waals surface area contributed by atoms with Crippen molar-refractivity contribution < 1.29 is 4.79 Å². The van der Waals surface area contributed by atoms with E-state index in [2.05, 4.69) is 29.0 Å². The molecule has 2 aromatic rings. The molecule has 0 saturated carbocycles. The molecule has 0 atom stereocenters. The molecule has 132 valence electrons. The minimum absolute atomic E-state index is 0.0958. The molecule has 0 unspecified atom stereocenters. The van der Waals surface area contributed by atoms with E-state index in [4.69, 9.17) is 4.98 Å². The Bertz CT molecular complexity index is 715. The largest absolute Gasteiger partial charge is 0.354 e. The molecule has 25 heavy (non-hydrogen) atoms. The van der Waals surface area contributed by atoms with E-state index in [0.29, 0.717) is 23.9 Å². The summed E-state index contributed by atoms with van der Waals surface area (Å²) < 4.78 is 0. The summed E-state index contributed by atoms with van der Waals surface area (Å²) >= 11 is 1.94. The molecular formula is C19H24N4OS. The second-order valence-electron chi connectivity index (χ2n) is 6.50. The minimum Gasteiger partial charge on any atom is -0.354 e. The fourth-order valence-electron chi connectivity index (χ4n) is 2.67. The fourth-order valence-corrected chi connectivity index (χ4v) is 3.57. The molecule has 0 aliphatic carbocycles. The van der Waals surface area contributed by atoms with E-state index < -0.39 is 0 Å². The molecule has 1 aromatic heterocycles. The van der Waals surface area contributed by atoms with Crippen molar-refractivity contribution in [2.24, 2.45) is 5.92 Å². The van der Waals surface area contributed by atoms with Gasteiger partial charge in [-0.1, -0.05) is 44.2 Å². The van der Waals surface area contributed by atoms with Crippen LogP contribution >= 0.6 is 11.8 Å². The van der Waals surface area contributed by atoms with Gasteiger partial charge in [-0.05, 0) is 5.92 Å². The first-order valence-corrected chi connectivity index (χ1v) is 9.84. The van der Waals surface area contributed by atoms with Crippen LogP contribution in [0.2, 0.25) is 0 Å². The van der Waals surface area contributed by atoms with Crippen LogP contribution in [0.15, 0.2) is 36.5 Å². The van der Waals surface area contributed by atoms with Gasteiger partial charge in [0.2, 0.25) is 0 Å². The number of thioether (sulfide) groups is 1. The molecule has 1 N–H and O–H groups in total. The van der Waals surface area contributed by atoms with Gasteiger partial charge in [-0.25, -0.2) is 9.97 Å². The van der Waals surface area contributed by atoms with Crippen molar-refractivity contribution in [1.82, 2.24) is 15.3 Å². The second-order valence-corrected chi connectivity index (χ2v) is 7.72. The van der Waals surface area contributed by atoms with Gasteiger partial charge in [0.05, 0.1) is 0 Å². The lowest BCUT2D eigenvalue weighted by molar-refractivity contribution is 0.0949. The zero-order valence-electron chi connectivity index (χ0n) is 14.7. The van der Waals surface area contributed by atoms with Gasteiger partial charge in [-0.15, -0.1) is 0 Å². The number of amides is 1. The fraction of sp³-hybridized carbons (Fsp3) is 0.421. The third kappa shape index (κ3) is 4.51. The molecule has 2 heterocycles. The molecule has 1 saturated heterocycles. The number of benzene rings is 1. The average molecular weight is 356 g/mol. The normalized spacial score (nSPS) is 14.6. The number of rotatable bonds is 5. The predicted octanol–water partition coefficient (Wildman–Crippen LogP) is 3.08. The Morgan fingerprint density at radius 3 is 2.64 bits per heavy atom. The van der Waals surface area contributed by atoms with Crippen LogP contribution in [0.4, 0.5) is 5.82 Å². The molecule has 3 rings (SSSR count). The lowest BCUT2D eigenvalue weighted by Gasteiger charge is -2.29. The van der Waals surface area contributed by atoms with Gasteiger partial charge >= 0.3 is 0 Å². The molecule has 0 bridgehead atoms. The molecular weight excluding hydrogens is 332 g/mol. The van der Waals surface area contributed by atoms with Gasteiger partial charge in [0.1, 0.15) is 11.4 Å². The van der Waals surface area contributed by atoms with Crippen LogP contribution in [0, 0.1) is 5.92 Å². The Labute approximate surface area is 153 Å². The van der Waals surface area contributed by atoms with Gasteiger partial charge in [-0.3, -0.25) is 4.79 Å². The Hall–Kier alpha value is -2.08. The van der Waals surface area contributed by atoms with E-state index in [1.165, 1.54) is 0 Å². The lowest BCUT2D eigenvalue weighted by Crippen LogP contribution is -2.36. The maximum absolute atomic E-state index is 12.6. The highest BCUT2D eigenvalue weighted by atomic mass is 32.2. The second kappa shape index (κ2) is 8.34. The zero-order chi connectivity index (χ0) is 17.6. The summed E-state index contributed by atoms with van der Waals surface area (Å²) in [6.45, 7) is 6.62. The monoisotopic (exact) mass is 356 g/mol. The number of anilines is 1. The van der Waals surface area contributed by atoms with Crippen LogP contribution in [0.1, 0.15) is 24.2 Å². The smallest absolute Gasteiger partial charge is 0.256 e. The molecule has 1 aliphatic heterocycles. The number of hydrogen-bond donors (Lipinski definition) is 1. The number of hydrogen-bond acceptors (Lipinski definition) is 5. The first-order chi connectivity index (χ1) is 12.1. The van der Waals surface area contributed by atoms with Crippen LogP contribution in [0.3, 0.4) is 0 Å². The van der Waals surface area contributed by atoms with Gasteiger partial charge in [0.25, 0.3) is 5.91 Å². The Kier molecular flexibility index (Phi) is 5.91. The SMILES string of the molecule is CC(C)CNC(=O)c1cnc(-c2ccccc2)nc1N1CCSCC1. The number of nitrogens with one attached hydrogen (secondary N) is 1. The third-order valence-electron chi connectivity index (χ3n) is 4.03. The number of carbonyl (C=O) groups excluding carboxylic acids is 1. The first kappa shape index (κ1) is 17.7. The number of carbonyl (C=O) groups is 1. The summed E-state index contributed by atoms with van der Waals surface area (Å²) in [4.78, 5) is 24.0. The van der Waals surface area contributed by atoms with Gasteiger partial charge in [0.15, 0.2) is 5.82 Å². The highest BCUT2D eigenvalue weighted by Gasteiger charge is 2.22. The topological polar surface area (TPSA) is 58.1 Å². The zero-order valence-corrected chi connectivity index (χ0v) is 15.6. The Balaban J connectivity index is 1.94. The quantitative estimate of drug-likeness (QED) is 0.892. The molecule has 1 fully saturated rings. The van der Waals surface area contributed by atoms with Gasteiger partial charge < -0.3 is 10.2 Å². The van der Waals surface area contributed by atoms with Crippen molar-refractivity contribution in [3.05, 3.63) is 42.1 Å². The first-order valence-electron chi connectivity index (χ1n) is 8.68. The van der Waals surface area contributed by atoms with E-state index in [9.17, 15) is 4.79 Å². The summed E-state index contributed by atoms with van der Waals surface area (Å²) in [6.07, 6.45) is 1.67.